The Labute approximate surface area is 127 Å². The average molecular weight is 325 g/mol. The number of aryl methyl sites for hydroxylation is 1. The summed E-state index contributed by atoms with van der Waals surface area (Å²) in [5.74, 6) is -0.706. The Balaban J connectivity index is 2.49. The number of halogens is 1. The van der Waals surface area contributed by atoms with Gasteiger partial charge in [0.1, 0.15) is 0 Å². The van der Waals surface area contributed by atoms with Crippen molar-refractivity contribution < 1.29 is 13.2 Å². The molecule has 0 aliphatic heterocycles. The fourth-order valence-electron chi connectivity index (χ4n) is 1.84. The molecule has 0 radical (unpaired) electrons. The lowest BCUT2D eigenvalue weighted by Gasteiger charge is -2.13. The van der Waals surface area contributed by atoms with Crippen molar-refractivity contribution in [2.24, 2.45) is 5.73 Å². The summed E-state index contributed by atoms with van der Waals surface area (Å²) in [6, 6.07) is 10.6. The Morgan fingerprint density at radius 3 is 2.48 bits per heavy atom. The molecule has 0 aromatic heterocycles. The Morgan fingerprint density at radius 1 is 1.19 bits per heavy atom. The fourth-order valence-corrected chi connectivity index (χ4v) is 3.29. The molecule has 2 aromatic rings. The predicted molar refractivity (Wildman–Crippen MR) is 82.0 cm³/mol. The number of nitrogens with two attached hydrogens (primary N) is 1. The van der Waals surface area contributed by atoms with Crippen LogP contribution in [-0.2, 0) is 10.0 Å². The lowest BCUT2D eigenvalue weighted by Crippen LogP contribution is -2.19. The van der Waals surface area contributed by atoms with Crippen molar-refractivity contribution in [2.75, 3.05) is 4.72 Å². The topological polar surface area (TPSA) is 89.3 Å². The van der Waals surface area contributed by atoms with Gasteiger partial charge in [0.25, 0.3) is 15.9 Å². The molecule has 110 valence electrons. The maximum absolute atomic E-state index is 12.4. The van der Waals surface area contributed by atoms with E-state index >= 15 is 0 Å². The quantitative estimate of drug-likeness (QED) is 0.905. The first kappa shape index (κ1) is 15.3. The van der Waals surface area contributed by atoms with Crippen molar-refractivity contribution in [3.63, 3.8) is 0 Å². The van der Waals surface area contributed by atoms with Crippen LogP contribution in [0.15, 0.2) is 47.4 Å². The summed E-state index contributed by atoms with van der Waals surface area (Å²) in [5, 5.41) is 0.304. The number of carbonyl (C=O) groups excluding carboxylic acids is 1. The zero-order valence-corrected chi connectivity index (χ0v) is 12.7. The van der Waals surface area contributed by atoms with E-state index in [1.165, 1.54) is 24.3 Å². The van der Waals surface area contributed by atoms with Gasteiger partial charge in [-0.2, -0.15) is 0 Å². The molecular formula is C14H13ClN2O3S. The number of anilines is 1. The molecule has 0 bridgehead atoms. The van der Waals surface area contributed by atoms with Crippen LogP contribution in [0.5, 0.6) is 0 Å². The van der Waals surface area contributed by atoms with Crippen molar-refractivity contribution in [1.29, 1.82) is 0 Å². The molecule has 3 N–H and O–H groups in total. The highest BCUT2D eigenvalue weighted by Crippen LogP contribution is 2.24. The van der Waals surface area contributed by atoms with Crippen molar-refractivity contribution >= 4 is 33.2 Å². The molecule has 21 heavy (non-hydrogen) atoms. The van der Waals surface area contributed by atoms with E-state index in [2.05, 4.69) is 4.72 Å². The molecule has 0 unspecified atom stereocenters. The minimum Gasteiger partial charge on any atom is -0.366 e. The Bertz CT molecular complexity index is 804. The summed E-state index contributed by atoms with van der Waals surface area (Å²) in [7, 11) is -3.86. The third kappa shape index (κ3) is 3.34. The van der Waals surface area contributed by atoms with Gasteiger partial charge in [-0.3, -0.25) is 9.52 Å². The van der Waals surface area contributed by atoms with Gasteiger partial charge in [-0.25, -0.2) is 8.42 Å². The second-order valence-electron chi connectivity index (χ2n) is 4.42. The lowest BCUT2D eigenvalue weighted by molar-refractivity contribution is 0.100. The van der Waals surface area contributed by atoms with Crippen molar-refractivity contribution in [3.8, 4) is 0 Å². The summed E-state index contributed by atoms with van der Waals surface area (Å²) in [4.78, 5) is 11.4. The van der Waals surface area contributed by atoms with Gasteiger partial charge >= 0.3 is 0 Å². The van der Waals surface area contributed by atoms with Crippen LogP contribution in [0, 0.1) is 6.92 Å². The fraction of sp³-hybridized carbons (Fsp3) is 0.0714. The van der Waals surface area contributed by atoms with E-state index in [-0.39, 0.29) is 16.1 Å². The molecule has 5 nitrogen and oxygen atoms in total. The molecule has 2 rings (SSSR count). The number of primary amides is 1. The van der Waals surface area contributed by atoms with Crippen LogP contribution in [-0.4, -0.2) is 14.3 Å². The van der Waals surface area contributed by atoms with Gasteiger partial charge in [-0.15, -0.1) is 0 Å². The molecule has 1 amide bonds. The Kier molecular flexibility index (Phi) is 4.20. The van der Waals surface area contributed by atoms with E-state index in [1.807, 2.05) is 0 Å². The number of hydrogen-bond donors (Lipinski definition) is 2. The van der Waals surface area contributed by atoms with E-state index < -0.39 is 15.9 Å². The van der Waals surface area contributed by atoms with Crippen LogP contribution in [0.2, 0.25) is 5.02 Å². The first-order valence-corrected chi connectivity index (χ1v) is 7.85. The number of hydrogen-bond acceptors (Lipinski definition) is 3. The number of para-hydroxylation sites is 1. The van der Waals surface area contributed by atoms with Gasteiger partial charge in [0, 0.05) is 5.02 Å². The maximum atomic E-state index is 12.4. The van der Waals surface area contributed by atoms with Crippen LogP contribution < -0.4 is 10.5 Å². The molecular weight excluding hydrogens is 312 g/mol. The molecule has 0 aliphatic carbocycles. The van der Waals surface area contributed by atoms with Gasteiger partial charge in [0.15, 0.2) is 0 Å². The highest BCUT2D eigenvalue weighted by molar-refractivity contribution is 7.92. The zero-order valence-electron chi connectivity index (χ0n) is 11.1. The predicted octanol–water partition coefficient (Wildman–Crippen LogP) is 2.55. The van der Waals surface area contributed by atoms with E-state index in [4.69, 9.17) is 17.3 Å². The van der Waals surface area contributed by atoms with E-state index in [0.717, 1.165) is 0 Å². The monoisotopic (exact) mass is 324 g/mol. The largest absolute Gasteiger partial charge is 0.366 e. The van der Waals surface area contributed by atoms with Crippen molar-refractivity contribution in [2.45, 2.75) is 11.8 Å². The van der Waals surface area contributed by atoms with Crippen molar-refractivity contribution in [1.82, 2.24) is 0 Å². The van der Waals surface area contributed by atoms with Gasteiger partial charge < -0.3 is 5.73 Å². The molecule has 7 heteroatoms. The average Bonchev–Trinajstić information content (AvgIpc) is 2.40. The molecule has 0 saturated carbocycles. The minimum absolute atomic E-state index is 0.00803. The maximum Gasteiger partial charge on any atom is 0.261 e. The molecule has 0 heterocycles. The number of sulfonamides is 1. The van der Waals surface area contributed by atoms with Gasteiger partial charge in [0.05, 0.1) is 16.1 Å². The van der Waals surface area contributed by atoms with E-state index in [0.29, 0.717) is 10.6 Å². The smallest absolute Gasteiger partial charge is 0.261 e. The first-order valence-electron chi connectivity index (χ1n) is 5.99. The minimum atomic E-state index is -3.86. The first-order chi connectivity index (χ1) is 9.81. The highest BCUT2D eigenvalue weighted by atomic mass is 35.5. The summed E-state index contributed by atoms with van der Waals surface area (Å²) < 4.78 is 27.1. The van der Waals surface area contributed by atoms with Crippen LogP contribution in [0.3, 0.4) is 0 Å². The normalized spacial score (nSPS) is 11.1. The third-order valence-electron chi connectivity index (χ3n) is 2.88. The lowest BCUT2D eigenvalue weighted by atomic mass is 10.1. The number of amides is 1. The SMILES string of the molecule is Cc1cccc(C(N)=O)c1NS(=O)(=O)c1cccc(Cl)c1. The number of carbonyl (C=O) groups is 1. The Hall–Kier alpha value is -2.05. The summed E-state index contributed by atoms with van der Waals surface area (Å²) in [5.41, 5.74) is 6.15. The molecule has 0 saturated heterocycles. The third-order valence-corrected chi connectivity index (χ3v) is 4.46. The van der Waals surface area contributed by atoms with E-state index in [9.17, 15) is 13.2 Å². The van der Waals surface area contributed by atoms with Crippen LogP contribution >= 0.6 is 11.6 Å². The second-order valence-corrected chi connectivity index (χ2v) is 6.54. The van der Waals surface area contributed by atoms with Crippen LogP contribution in [0.1, 0.15) is 15.9 Å². The second kappa shape index (κ2) is 5.75. The Morgan fingerprint density at radius 2 is 1.86 bits per heavy atom. The highest BCUT2D eigenvalue weighted by Gasteiger charge is 2.19. The molecule has 0 spiro atoms. The molecule has 2 aromatic carbocycles. The zero-order chi connectivity index (χ0) is 15.6. The van der Waals surface area contributed by atoms with Gasteiger partial charge in [0.2, 0.25) is 0 Å². The summed E-state index contributed by atoms with van der Waals surface area (Å²) in [6.45, 7) is 1.68. The molecule has 0 atom stereocenters. The standard InChI is InChI=1S/C14H13ClN2O3S/c1-9-4-2-7-12(14(16)18)13(9)17-21(19,20)11-6-3-5-10(15)8-11/h2-8,17H,1H3,(H2,16,18). The number of nitrogens with one attached hydrogen (secondary N) is 1. The van der Waals surface area contributed by atoms with E-state index in [1.54, 1.807) is 25.1 Å². The van der Waals surface area contributed by atoms with Gasteiger partial charge in [-0.05, 0) is 36.8 Å². The van der Waals surface area contributed by atoms with Crippen LogP contribution in [0.4, 0.5) is 5.69 Å². The van der Waals surface area contributed by atoms with Gasteiger partial charge in [-0.1, -0.05) is 29.8 Å². The van der Waals surface area contributed by atoms with Crippen LogP contribution in [0.25, 0.3) is 0 Å². The number of rotatable bonds is 4. The van der Waals surface area contributed by atoms with Crippen molar-refractivity contribution in [3.05, 3.63) is 58.6 Å². The summed E-state index contributed by atoms with van der Waals surface area (Å²) >= 11 is 5.80. The number of benzene rings is 2. The molecule has 0 fully saturated rings. The summed E-state index contributed by atoms with van der Waals surface area (Å²) in [6.07, 6.45) is 0. The molecule has 0 aliphatic rings.